The Hall–Kier alpha value is -1.89. The lowest BCUT2D eigenvalue weighted by molar-refractivity contribution is 0.298. The summed E-state index contributed by atoms with van der Waals surface area (Å²) in [4.78, 5) is 4.18. The quantitative estimate of drug-likeness (QED) is 0.746. The number of aromatic nitrogens is 2. The Morgan fingerprint density at radius 1 is 1.26 bits per heavy atom. The van der Waals surface area contributed by atoms with Gasteiger partial charge in [0.25, 0.3) is 0 Å². The van der Waals surface area contributed by atoms with Crippen molar-refractivity contribution in [2.75, 3.05) is 12.9 Å². The molecule has 0 N–H and O–H groups in total. The van der Waals surface area contributed by atoms with Gasteiger partial charge in [0.1, 0.15) is 5.75 Å². The summed E-state index contributed by atoms with van der Waals surface area (Å²) in [5.41, 5.74) is 0. The minimum absolute atomic E-state index is 0.283. The molecule has 0 saturated carbocycles. The number of hydrogen-bond acceptors (Lipinski definition) is 6. The maximum absolute atomic E-state index is 11.3. The van der Waals surface area contributed by atoms with Crippen LogP contribution in [-0.4, -0.2) is 31.4 Å². The van der Waals surface area contributed by atoms with Gasteiger partial charge in [-0.15, -0.1) is 0 Å². The average molecular weight is 282 g/mol. The van der Waals surface area contributed by atoms with E-state index in [1.807, 2.05) is 0 Å². The maximum Gasteiger partial charge on any atom is 0.226 e. The summed E-state index contributed by atoms with van der Waals surface area (Å²) >= 11 is 0. The first kappa shape index (κ1) is 13.5. The average Bonchev–Trinajstić information content (AvgIpc) is 2.87. The molecule has 0 aliphatic rings. The third-order valence-corrected chi connectivity index (χ3v) is 3.59. The van der Waals surface area contributed by atoms with Crippen molar-refractivity contribution in [3.05, 3.63) is 36.5 Å². The van der Waals surface area contributed by atoms with Crippen molar-refractivity contribution in [3.63, 3.8) is 0 Å². The van der Waals surface area contributed by atoms with E-state index in [1.165, 1.54) is 24.7 Å². The molecule has 1 heterocycles. The minimum atomic E-state index is -3.16. The topological polar surface area (TPSA) is 82.3 Å². The number of hydrogen-bond donors (Lipinski definition) is 0. The Kier molecular flexibility index (Phi) is 4.16. The van der Waals surface area contributed by atoms with Crippen LogP contribution in [0.2, 0.25) is 0 Å². The maximum atomic E-state index is 11.3. The van der Waals surface area contributed by atoms with Gasteiger partial charge < -0.3 is 9.26 Å². The highest BCUT2D eigenvalue weighted by Gasteiger charge is 2.06. The predicted octanol–water partition coefficient (Wildman–Crippen LogP) is 1.48. The Labute approximate surface area is 111 Å². The molecular weight excluding hydrogens is 268 g/mol. The van der Waals surface area contributed by atoms with Gasteiger partial charge in [-0.3, -0.25) is 0 Å². The third kappa shape index (κ3) is 4.06. The third-order valence-electron chi connectivity index (χ3n) is 2.46. The largest absolute Gasteiger partial charge is 0.494 e. The van der Waals surface area contributed by atoms with Crippen molar-refractivity contribution >= 4 is 9.84 Å². The molecule has 7 heteroatoms. The van der Waals surface area contributed by atoms with E-state index in [9.17, 15) is 8.42 Å². The lowest BCUT2D eigenvalue weighted by atomic mass is 10.3. The lowest BCUT2D eigenvalue weighted by Crippen LogP contribution is -2.00. The van der Waals surface area contributed by atoms with Crippen LogP contribution in [0.25, 0.3) is 0 Å². The van der Waals surface area contributed by atoms with Crippen LogP contribution in [-0.2, 0) is 16.3 Å². The van der Waals surface area contributed by atoms with Crippen LogP contribution in [0.4, 0.5) is 0 Å². The van der Waals surface area contributed by atoms with Gasteiger partial charge in [0.05, 0.1) is 11.5 Å². The smallest absolute Gasteiger partial charge is 0.226 e. The van der Waals surface area contributed by atoms with Crippen LogP contribution in [0.15, 0.2) is 40.0 Å². The van der Waals surface area contributed by atoms with E-state index in [1.54, 1.807) is 12.1 Å². The Morgan fingerprint density at radius 3 is 2.58 bits per heavy atom. The second-order valence-corrected chi connectivity index (χ2v) is 6.05. The molecule has 19 heavy (non-hydrogen) atoms. The van der Waals surface area contributed by atoms with Crippen molar-refractivity contribution in [2.24, 2.45) is 0 Å². The molecule has 2 rings (SSSR count). The molecule has 0 bridgehead atoms. The molecule has 2 aromatic rings. The zero-order valence-corrected chi connectivity index (χ0v) is 11.3. The number of ether oxygens (including phenoxy) is 1. The van der Waals surface area contributed by atoms with Crippen molar-refractivity contribution in [2.45, 2.75) is 17.7 Å². The number of aryl methyl sites for hydroxylation is 1. The fraction of sp³-hybridized carbons (Fsp3) is 0.333. The monoisotopic (exact) mass is 282 g/mol. The summed E-state index contributed by atoms with van der Waals surface area (Å²) in [6.45, 7) is 0.501. The second-order valence-electron chi connectivity index (χ2n) is 4.03. The molecule has 0 atom stereocenters. The minimum Gasteiger partial charge on any atom is -0.494 e. The molecule has 0 aliphatic carbocycles. The standard InChI is InChI=1S/C12H14N2O4S/c1-19(15,16)11-6-4-10(5-7-11)17-8-2-3-12-13-9-14-18-12/h4-7,9H,2-3,8H2,1H3. The van der Waals surface area contributed by atoms with E-state index in [0.717, 1.165) is 6.42 Å². The first-order valence-corrected chi connectivity index (χ1v) is 7.63. The van der Waals surface area contributed by atoms with Crippen molar-refractivity contribution in [3.8, 4) is 5.75 Å². The molecule has 0 unspecified atom stereocenters. The van der Waals surface area contributed by atoms with Crippen molar-refractivity contribution < 1.29 is 17.7 Å². The van der Waals surface area contributed by atoms with Gasteiger partial charge in [-0.05, 0) is 30.7 Å². The summed E-state index contributed by atoms with van der Waals surface area (Å²) in [5, 5.41) is 3.51. The summed E-state index contributed by atoms with van der Waals surface area (Å²) < 4.78 is 32.9. The molecule has 0 saturated heterocycles. The Balaban J connectivity index is 1.80. The van der Waals surface area contributed by atoms with Crippen LogP contribution in [0.1, 0.15) is 12.3 Å². The zero-order chi connectivity index (χ0) is 13.7. The van der Waals surface area contributed by atoms with E-state index in [-0.39, 0.29) is 4.90 Å². The van der Waals surface area contributed by atoms with Gasteiger partial charge in [0, 0.05) is 12.7 Å². The number of rotatable bonds is 6. The molecule has 0 spiro atoms. The Bertz CT molecular complexity index is 606. The fourth-order valence-electron chi connectivity index (χ4n) is 1.50. The molecule has 1 aromatic carbocycles. The van der Waals surface area contributed by atoms with Crippen LogP contribution in [0.5, 0.6) is 5.75 Å². The zero-order valence-electron chi connectivity index (χ0n) is 10.4. The SMILES string of the molecule is CS(=O)(=O)c1ccc(OCCCc2ncno2)cc1. The van der Waals surface area contributed by atoms with Gasteiger partial charge >= 0.3 is 0 Å². The number of sulfone groups is 1. The molecule has 0 fully saturated rings. The van der Waals surface area contributed by atoms with Crippen LogP contribution >= 0.6 is 0 Å². The lowest BCUT2D eigenvalue weighted by Gasteiger charge is -2.05. The van der Waals surface area contributed by atoms with Crippen molar-refractivity contribution in [1.82, 2.24) is 10.1 Å². The Morgan fingerprint density at radius 2 is 2.00 bits per heavy atom. The summed E-state index contributed by atoms with van der Waals surface area (Å²) in [7, 11) is -3.16. The molecule has 0 aliphatic heterocycles. The van der Waals surface area contributed by atoms with Crippen molar-refractivity contribution in [1.29, 1.82) is 0 Å². The van der Waals surface area contributed by atoms with Crippen LogP contribution in [0.3, 0.4) is 0 Å². The van der Waals surface area contributed by atoms with E-state index in [2.05, 4.69) is 10.1 Å². The number of nitrogens with zero attached hydrogens (tertiary/aromatic N) is 2. The normalized spacial score (nSPS) is 11.4. The van der Waals surface area contributed by atoms with E-state index in [4.69, 9.17) is 9.26 Å². The van der Waals surface area contributed by atoms with Gasteiger partial charge in [-0.25, -0.2) is 8.42 Å². The molecule has 102 valence electrons. The van der Waals surface area contributed by atoms with Gasteiger partial charge in [-0.2, -0.15) is 4.98 Å². The van der Waals surface area contributed by atoms with E-state index >= 15 is 0 Å². The van der Waals surface area contributed by atoms with Gasteiger partial charge in [-0.1, -0.05) is 5.16 Å². The fourth-order valence-corrected chi connectivity index (χ4v) is 2.13. The van der Waals surface area contributed by atoms with E-state index < -0.39 is 9.84 Å². The summed E-state index contributed by atoms with van der Waals surface area (Å²) in [6.07, 6.45) is 3.94. The first-order chi connectivity index (χ1) is 9.05. The summed E-state index contributed by atoms with van der Waals surface area (Å²) in [5.74, 6) is 1.22. The molecule has 6 nitrogen and oxygen atoms in total. The molecular formula is C12H14N2O4S. The van der Waals surface area contributed by atoms with Gasteiger partial charge in [0.2, 0.25) is 5.89 Å². The van der Waals surface area contributed by atoms with Gasteiger partial charge in [0.15, 0.2) is 16.2 Å². The summed E-state index contributed by atoms with van der Waals surface area (Å²) in [6, 6.07) is 6.34. The second kappa shape index (κ2) is 5.83. The first-order valence-electron chi connectivity index (χ1n) is 5.74. The van der Waals surface area contributed by atoms with Crippen LogP contribution < -0.4 is 4.74 Å². The highest BCUT2D eigenvalue weighted by atomic mass is 32.2. The number of benzene rings is 1. The molecule has 1 aromatic heterocycles. The van der Waals surface area contributed by atoms with E-state index in [0.29, 0.717) is 24.7 Å². The molecule has 0 amide bonds. The molecule has 0 radical (unpaired) electrons. The highest BCUT2D eigenvalue weighted by molar-refractivity contribution is 7.90. The highest BCUT2D eigenvalue weighted by Crippen LogP contribution is 2.16. The van der Waals surface area contributed by atoms with Crippen LogP contribution in [0, 0.1) is 0 Å². The predicted molar refractivity (Wildman–Crippen MR) is 67.7 cm³/mol.